The maximum absolute atomic E-state index is 6.08. The molecule has 1 unspecified atom stereocenters. The van der Waals surface area contributed by atoms with Gasteiger partial charge in [0.15, 0.2) is 0 Å². The molecular weight excluding hydrogens is 160 g/mol. The van der Waals surface area contributed by atoms with Crippen LogP contribution >= 0.6 is 0 Å². The molecule has 0 bridgehead atoms. The first-order chi connectivity index (χ1) is 5.92. The number of likely N-dealkylation sites (N-methyl/N-ethyl adjacent to an activating group) is 1. The lowest BCUT2D eigenvalue weighted by Crippen LogP contribution is -2.52. The van der Waals surface area contributed by atoms with E-state index in [1.807, 2.05) is 6.92 Å². The average Bonchev–Trinajstić information content (AvgIpc) is 2.04. The van der Waals surface area contributed by atoms with Gasteiger partial charge in [-0.05, 0) is 41.3 Å². The highest BCUT2D eigenvalue weighted by Crippen LogP contribution is 2.17. The molecule has 0 radical (unpaired) electrons. The summed E-state index contributed by atoms with van der Waals surface area (Å²) >= 11 is 0. The molecule has 0 amide bonds. The third-order valence-corrected chi connectivity index (χ3v) is 2.82. The molecule has 0 aliphatic carbocycles. The van der Waals surface area contributed by atoms with Gasteiger partial charge in [-0.25, -0.2) is 0 Å². The lowest BCUT2D eigenvalue weighted by Gasteiger charge is -2.37. The first kappa shape index (κ1) is 12.5. The number of nitrogens with zero attached hydrogens (tertiary/aromatic N) is 1. The zero-order valence-electron chi connectivity index (χ0n) is 9.52. The van der Waals surface area contributed by atoms with Gasteiger partial charge in [-0.15, -0.1) is 11.8 Å². The summed E-state index contributed by atoms with van der Waals surface area (Å²) in [4.78, 5) is 2.16. The minimum Gasteiger partial charge on any atom is -0.326 e. The van der Waals surface area contributed by atoms with E-state index in [9.17, 15) is 0 Å². The van der Waals surface area contributed by atoms with E-state index in [0.29, 0.717) is 0 Å². The second-order valence-corrected chi connectivity index (χ2v) is 4.12. The van der Waals surface area contributed by atoms with E-state index >= 15 is 0 Å². The summed E-state index contributed by atoms with van der Waals surface area (Å²) < 4.78 is 0. The molecule has 0 fully saturated rings. The minimum atomic E-state index is 0.0510. The number of hydrogen-bond acceptors (Lipinski definition) is 2. The van der Waals surface area contributed by atoms with Gasteiger partial charge in [0.2, 0.25) is 0 Å². The van der Waals surface area contributed by atoms with Crippen LogP contribution in [-0.2, 0) is 0 Å². The first-order valence-corrected chi connectivity index (χ1v) is 4.75. The van der Waals surface area contributed by atoms with E-state index in [1.165, 1.54) is 0 Å². The molecular formula is C11H22N2. The van der Waals surface area contributed by atoms with Crippen molar-refractivity contribution in [1.82, 2.24) is 4.90 Å². The Balaban J connectivity index is 4.06. The molecule has 0 saturated heterocycles. The summed E-state index contributed by atoms with van der Waals surface area (Å²) in [5, 5.41) is 0. The molecule has 0 aliphatic heterocycles. The maximum Gasteiger partial charge on any atom is 0.0298 e. The Morgan fingerprint density at radius 2 is 1.92 bits per heavy atom. The first-order valence-electron chi connectivity index (χ1n) is 4.75. The monoisotopic (exact) mass is 182 g/mol. The van der Waals surface area contributed by atoms with Gasteiger partial charge in [0.05, 0.1) is 0 Å². The van der Waals surface area contributed by atoms with Crippen molar-refractivity contribution in [2.75, 3.05) is 14.1 Å². The predicted octanol–water partition coefficient (Wildman–Crippen LogP) is 1.46. The van der Waals surface area contributed by atoms with E-state index in [4.69, 9.17) is 5.73 Å². The summed E-state index contributed by atoms with van der Waals surface area (Å²) in [5.41, 5.74) is 6.13. The summed E-state index contributed by atoms with van der Waals surface area (Å²) in [5.74, 6) is 5.93. The van der Waals surface area contributed by atoms with E-state index in [1.54, 1.807) is 0 Å². The van der Waals surface area contributed by atoms with Gasteiger partial charge in [-0.2, -0.15) is 0 Å². The molecule has 0 aromatic carbocycles. The topological polar surface area (TPSA) is 29.3 Å². The predicted molar refractivity (Wildman–Crippen MR) is 58.4 cm³/mol. The van der Waals surface area contributed by atoms with E-state index in [-0.39, 0.29) is 11.6 Å². The molecule has 13 heavy (non-hydrogen) atoms. The zero-order valence-corrected chi connectivity index (χ0v) is 9.52. The van der Waals surface area contributed by atoms with Gasteiger partial charge in [0, 0.05) is 18.0 Å². The molecule has 76 valence electrons. The molecule has 2 nitrogen and oxygen atoms in total. The van der Waals surface area contributed by atoms with Gasteiger partial charge in [-0.1, -0.05) is 0 Å². The minimum absolute atomic E-state index is 0.0510. The van der Waals surface area contributed by atoms with Crippen molar-refractivity contribution < 1.29 is 0 Å². The molecule has 0 heterocycles. The second-order valence-electron chi connectivity index (χ2n) is 4.12. The molecule has 0 aliphatic rings. The van der Waals surface area contributed by atoms with Crippen LogP contribution in [0, 0.1) is 11.8 Å². The number of nitrogens with two attached hydrogens (primary N) is 1. The summed E-state index contributed by atoms with van der Waals surface area (Å²) in [7, 11) is 4.12. The van der Waals surface area contributed by atoms with Gasteiger partial charge in [0.1, 0.15) is 0 Å². The lowest BCUT2D eigenvalue weighted by molar-refractivity contribution is 0.154. The molecule has 2 heteroatoms. The smallest absolute Gasteiger partial charge is 0.0298 e. The zero-order chi connectivity index (χ0) is 10.5. The molecule has 2 N–H and O–H groups in total. The Hall–Kier alpha value is -0.520. The molecule has 0 aromatic rings. The Bertz CT molecular complexity index is 196. The highest BCUT2D eigenvalue weighted by atomic mass is 15.2. The Labute approximate surface area is 82.5 Å². The van der Waals surface area contributed by atoms with E-state index < -0.39 is 0 Å². The lowest BCUT2D eigenvalue weighted by atomic mass is 9.90. The van der Waals surface area contributed by atoms with Crippen LogP contribution in [0.5, 0.6) is 0 Å². The fourth-order valence-corrected chi connectivity index (χ4v) is 1.04. The third kappa shape index (κ3) is 3.80. The van der Waals surface area contributed by atoms with Crippen LogP contribution in [0.15, 0.2) is 0 Å². The Morgan fingerprint density at radius 1 is 1.38 bits per heavy atom. The molecule has 0 saturated carbocycles. The van der Waals surface area contributed by atoms with E-state index in [0.717, 1.165) is 12.8 Å². The summed E-state index contributed by atoms with van der Waals surface area (Å²) in [6.07, 6.45) is 1.86. The van der Waals surface area contributed by atoms with Crippen LogP contribution in [-0.4, -0.2) is 30.6 Å². The highest BCUT2D eigenvalue weighted by molar-refractivity contribution is 4.98. The normalized spacial score (nSPS) is 13.8. The third-order valence-electron chi connectivity index (χ3n) is 2.82. The second kappa shape index (κ2) is 5.26. The number of rotatable bonds is 4. The SMILES string of the molecule is CC#CCCC(N)C(C)(C)N(C)C. The van der Waals surface area contributed by atoms with Crippen molar-refractivity contribution in [2.24, 2.45) is 5.73 Å². The van der Waals surface area contributed by atoms with Crippen molar-refractivity contribution >= 4 is 0 Å². The molecule has 0 spiro atoms. The average molecular weight is 182 g/mol. The van der Waals surface area contributed by atoms with Crippen LogP contribution in [0.4, 0.5) is 0 Å². The van der Waals surface area contributed by atoms with Gasteiger partial charge in [-0.3, -0.25) is 0 Å². The van der Waals surface area contributed by atoms with Crippen LogP contribution in [0.2, 0.25) is 0 Å². The molecule has 0 aromatic heterocycles. The maximum atomic E-state index is 6.08. The van der Waals surface area contributed by atoms with Crippen LogP contribution in [0.1, 0.15) is 33.6 Å². The van der Waals surface area contributed by atoms with Crippen LogP contribution in [0.3, 0.4) is 0 Å². The fraction of sp³-hybridized carbons (Fsp3) is 0.818. The largest absolute Gasteiger partial charge is 0.326 e. The van der Waals surface area contributed by atoms with Gasteiger partial charge in [0.25, 0.3) is 0 Å². The van der Waals surface area contributed by atoms with Crippen molar-refractivity contribution in [2.45, 2.75) is 45.2 Å². The van der Waals surface area contributed by atoms with Crippen LogP contribution < -0.4 is 5.73 Å². The standard InChI is InChI=1S/C11H22N2/c1-6-7-8-9-10(12)11(2,3)13(4)5/h10H,8-9,12H2,1-5H3. The summed E-state index contributed by atoms with van der Waals surface area (Å²) in [6, 6.07) is 0.184. The van der Waals surface area contributed by atoms with Crippen molar-refractivity contribution in [3.8, 4) is 11.8 Å². The van der Waals surface area contributed by atoms with E-state index in [2.05, 4.69) is 44.7 Å². The van der Waals surface area contributed by atoms with Gasteiger partial charge >= 0.3 is 0 Å². The quantitative estimate of drug-likeness (QED) is 0.667. The van der Waals surface area contributed by atoms with Gasteiger partial charge < -0.3 is 10.6 Å². The van der Waals surface area contributed by atoms with Crippen LogP contribution in [0.25, 0.3) is 0 Å². The molecule has 0 rings (SSSR count). The Kier molecular flexibility index (Phi) is 5.05. The molecule has 1 atom stereocenters. The van der Waals surface area contributed by atoms with Crippen molar-refractivity contribution in [3.63, 3.8) is 0 Å². The Morgan fingerprint density at radius 3 is 2.31 bits per heavy atom. The fourth-order valence-electron chi connectivity index (χ4n) is 1.04. The summed E-state index contributed by atoms with van der Waals surface area (Å²) in [6.45, 7) is 6.19. The number of hydrogen-bond donors (Lipinski definition) is 1. The van der Waals surface area contributed by atoms with Crippen molar-refractivity contribution in [3.05, 3.63) is 0 Å². The van der Waals surface area contributed by atoms with Crippen molar-refractivity contribution in [1.29, 1.82) is 0 Å². The highest BCUT2D eigenvalue weighted by Gasteiger charge is 2.27.